The van der Waals surface area contributed by atoms with E-state index >= 15 is 0 Å². The van der Waals surface area contributed by atoms with Gasteiger partial charge in [-0.3, -0.25) is 4.79 Å². The molecule has 2 heterocycles. The molecule has 3 N–H and O–H groups in total. The van der Waals surface area contributed by atoms with Crippen molar-refractivity contribution in [1.82, 2.24) is 10.2 Å². The summed E-state index contributed by atoms with van der Waals surface area (Å²) in [4.78, 5) is 25.5. The maximum Gasteiger partial charge on any atom is 0.317 e. The fourth-order valence-electron chi connectivity index (χ4n) is 3.73. The van der Waals surface area contributed by atoms with Gasteiger partial charge in [0.1, 0.15) is 11.5 Å². The van der Waals surface area contributed by atoms with Gasteiger partial charge in [0.25, 0.3) is 0 Å². The largest absolute Gasteiger partial charge is 0.466 e. The lowest BCUT2D eigenvalue weighted by Crippen LogP contribution is -2.43. The van der Waals surface area contributed by atoms with E-state index in [1.54, 1.807) is 4.90 Å². The SMILES string of the molecule is Cc1cc2c(o1)CC(C)(C)C[C@@H]2NC(=O)N1CC[C@H](C(N)=O)C1. The highest BCUT2D eigenvalue weighted by Crippen LogP contribution is 2.42. The molecule has 0 aromatic carbocycles. The summed E-state index contributed by atoms with van der Waals surface area (Å²) in [6.07, 6.45) is 2.41. The van der Waals surface area contributed by atoms with Crippen molar-refractivity contribution in [2.75, 3.05) is 13.1 Å². The number of carbonyl (C=O) groups excluding carboxylic acids is 2. The first-order chi connectivity index (χ1) is 10.7. The van der Waals surface area contributed by atoms with E-state index in [-0.39, 0.29) is 29.3 Å². The summed E-state index contributed by atoms with van der Waals surface area (Å²) >= 11 is 0. The molecule has 3 rings (SSSR count). The summed E-state index contributed by atoms with van der Waals surface area (Å²) in [5.41, 5.74) is 6.50. The van der Waals surface area contributed by atoms with Crippen LogP contribution in [0.15, 0.2) is 10.5 Å². The van der Waals surface area contributed by atoms with Gasteiger partial charge in [0.15, 0.2) is 0 Å². The number of aryl methyl sites for hydroxylation is 1. The molecule has 0 bridgehead atoms. The number of fused-ring (bicyclic) bond motifs is 1. The molecule has 0 spiro atoms. The molecule has 2 aliphatic rings. The Kier molecular flexibility index (Phi) is 3.86. The number of rotatable bonds is 2. The summed E-state index contributed by atoms with van der Waals surface area (Å²) < 4.78 is 5.80. The number of likely N-dealkylation sites (tertiary alicyclic amines) is 1. The monoisotopic (exact) mass is 319 g/mol. The molecule has 1 aromatic rings. The molecule has 6 heteroatoms. The molecular formula is C17H25N3O3. The zero-order valence-corrected chi connectivity index (χ0v) is 14.0. The second-order valence-corrected chi connectivity index (χ2v) is 7.62. The van der Waals surface area contributed by atoms with Gasteiger partial charge in [-0.15, -0.1) is 0 Å². The molecular weight excluding hydrogens is 294 g/mol. The number of primary amides is 1. The van der Waals surface area contributed by atoms with Gasteiger partial charge in [-0.1, -0.05) is 13.8 Å². The van der Waals surface area contributed by atoms with Crippen LogP contribution in [-0.4, -0.2) is 29.9 Å². The smallest absolute Gasteiger partial charge is 0.317 e. The fraction of sp³-hybridized carbons (Fsp3) is 0.647. The third-order valence-corrected chi connectivity index (χ3v) is 4.91. The van der Waals surface area contributed by atoms with E-state index in [0.29, 0.717) is 19.5 Å². The zero-order valence-electron chi connectivity index (χ0n) is 14.0. The van der Waals surface area contributed by atoms with Crippen LogP contribution in [0, 0.1) is 18.3 Å². The number of hydrogen-bond donors (Lipinski definition) is 2. The first-order valence-electron chi connectivity index (χ1n) is 8.19. The number of nitrogens with zero attached hydrogens (tertiary/aromatic N) is 1. The number of hydrogen-bond acceptors (Lipinski definition) is 3. The predicted octanol–water partition coefficient (Wildman–Crippen LogP) is 2.12. The van der Waals surface area contributed by atoms with Gasteiger partial charge in [-0.25, -0.2) is 4.79 Å². The van der Waals surface area contributed by atoms with Crippen molar-refractivity contribution < 1.29 is 14.0 Å². The molecule has 126 valence electrons. The Morgan fingerprint density at radius 1 is 1.43 bits per heavy atom. The summed E-state index contributed by atoms with van der Waals surface area (Å²) in [7, 11) is 0. The Balaban J connectivity index is 1.72. The Labute approximate surface area is 136 Å². The molecule has 0 radical (unpaired) electrons. The van der Waals surface area contributed by atoms with E-state index in [1.807, 2.05) is 13.0 Å². The van der Waals surface area contributed by atoms with E-state index in [1.165, 1.54) is 0 Å². The summed E-state index contributed by atoms with van der Waals surface area (Å²) in [5, 5.41) is 3.12. The van der Waals surface area contributed by atoms with Crippen LogP contribution in [0.2, 0.25) is 0 Å². The quantitative estimate of drug-likeness (QED) is 0.875. The fourth-order valence-corrected chi connectivity index (χ4v) is 3.73. The van der Waals surface area contributed by atoms with Crippen molar-refractivity contribution in [3.8, 4) is 0 Å². The number of nitrogens with two attached hydrogens (primary N) is 1. The van der Waals surface area contributed by atoms with Crippen LogP contribution in [0.25, 0.3) is 0 Å². The predicted molar refractivity (Wildman–Crippen MR) is 85.7 cm³/mol. The van der Waals surface area contributed by atoms with Crippen LogP contribution in [0.1, 0.15) is 49.8 Å². The van der Waals surface area contributed by atoms with Gasteiger partial charge in [0, 0.05) is 25.1 Å². The maximum atomic E-state index is 12.5. The highest BCUT2D eigenvalue weighted by atomic mass is 16.3. The first kappa shape index (κ1) is 15.9. The van der Waals surface area contributed by atoms with Crippen molar-refractivity contribution in [3.05, 3.63) is 23.2 Å². The minimum atomic E-state index is -0.327. The number of furan rings is 1. The van der Waals surface area contributed by atoms with Gasteiger partial charge in [-0.05, 0) is 31.2 Å². The van der Waals surface area contributed by atoms with E-state index < -0.39 is 0 Å². The second-order valence-electron chi connectivity index (χ2n) is 7.62. The minimum Gasteiger partial charge on any atom is -0.466 e. The van der Waals surface area contributed by atoms with Crippen LogP contribution in [0.4, 0.5) is 4.79 Å². The molecule has 1 aliphatic heterocycles. The Morgan fingerprint density at radius 2 is 2.17 bits per heavy atom. The van der Waals surface area contributed by atoms with Crippen molar-refractivity contribution in [2.24, 2.45) is 17.1 Å². The second kappa shape index (κ2) is 5.58. The third kappa shape index (κ3) is 3.21. The van der Waals surface area contributed by atoms with E-state index in [2.05, 4.69) is 19.2 Å². The molecule has 1 aliphatic carbocycles. The standard InChI is InChI=1S/C17H25N3O3/c1-10-6-12-13(7-17(2,3)8-14(12)23-10)19-16(22)20-5-4-11(9-20)15(18)21/h6,11,13H,4-5,7-9H2,1-3H3,(H2,18,21)(H,19,22)/t11-,13-/m0/s1. The summed E-state index contributed by atoms with van der Waals surface area (Å²) in [6.45, 7) is 7.29. The maximum absolute atomic E-state index is 12.5. The van der Waals surface area contributed by atoms with Crippen LogP contribution in [0.3, 0.4) is 0 Å². The highest BCUT2D eigenvalue weighted by Gasteiger charge is 2.37. The lowest BCUT2D eigenvalue weighted by Gasteiger charge is -2.35. The van der Waals surface area contributed by atoms with Gasteiger partial charge >= 0.3 is 6.03 Å². The molecule has 3 amide bonds. The normalized spacial score (nSPS) is 26.0. The average Bonchev–Trinajstić information content (AvgIpc) is 3.03. The van der Waals surface area contributed by atoms with Gasteiger partial charge in [-0.2, -0.15) is 0 Å². The van der Waals surface area contributed by atoms with Crippen molar-refractivity contribution in [1.29, 1.82) is 0 Å². The van der Waals surface area contributed by atoms with Gasteiger partial charge in [0.2, 0.25) is 5.91 Å². The van der Waals surface area contributed by atoms with Crippen LogP contribution in [-0.2, 0) is 11.2 Å². The van der Waals surface area contributed by atoms with Gasteiger partial charge < -0.3 is 20.4 Å². The number of nitrogens with one attached hydrogen (secondary N) is 1. The number of amides is 3. The molecule has 6 nitrogen and oxygen atoms in total. The van der Waals surface area contributed by atoms with Crippen molar-refractivity contribution in [3.63, 3.8) is 0 Å². The minimum absolute atomic E-state index is 0.0497. The summed E-state index contributed by atoms with van der Waals surface area (Å²) in [5.74, 6) is 1.30. The average molecular weight is 319 g/mol. The highest BCUT2D eigenvalue weighted by molar-refractivity contribution is 5.80. The van der Waals surface area contributed by atoms with E-state index in [4.69, 9.17) is 10.2 Å². The third-order valence-electron chi connectivity index (χ3n) is 4.91. The molecule has 0 saturated carbocycles. The van der Waals surface area contributed by atoms with Crippen LogP contribution < -0.4 is 11.1 Å². The van der Waals surface area contributed by atoms with E-state index in [9.17, 15) is 9.59 Å². The van der Waals surface area contributed by atoms with Crippen molar-refractivity contribution >= 4 is 11.9 Å². The van der Waals surface area contributed by atoms with Crippen molar-refractivity contribution in [2.45, 2.75) is 46.1 Å². The van der Waals surface area contributed by atoms with Crippen LogP contribution >= 0.6 is 0 Å². The topological polar surface area (TPSA) is 88.6 Å². The number of urea groups is 1. The first-order valence-corrected chi connectivity index (χ1v) is 8.19. The Morgan fingerprint density at radius 3 is 2.83 bits per heavy atom. The molecule has 1 saturated heterocycles. The molecule has 1 aromatic heterocycles. The number of carbonyl (C=O) groups is 2. The van der Waals surface area contributed by atoms with E-state index in [0.717, 1.165) is 29.9 Å². The Bertz CT molecular complexity index is 635. The van der Waals surface area contributed by atoms with Crippen LogP contribution in [0.5, 0.6) is 0 Å². The zero-order chi connectivity index (χ0) is 16.8. The van der Waals surface area contributed by atoms with Gasteiger partial charge in [0.05, 0.1) is 12.0 Å². The lowest BCUT2D eigenvalue weighted by atomic mass is 9.75. The lowest BCUT2D eigenvalue weighted by molar-refractivity contribution is -0.121. The molecule has 1 fully saturated rings. The molecule has 2 atom stereocenters. The molecule has 23 heavy (non-hydrogen) atoms. The summed E-state index contributed by atoms with van der Waals surface area (Å²) in [6, 6.07) is 1.85. The molecule has 0 unspecified atom stereocenters. The Hall–Kier alpha value is -1.98.